The van der Waals surface area contributed by atoms with Crippen LogP contribution in [0.15, 0.2) is 24.5 Å². The first-order valence-corrected chi connectivity index (χ1v) is 8.38. The lowest BCUT2D eigenvalue weighted by molar-refractivity contribution is -0.136. The van der Waals surface area contributed by atoms with Crippen molar-refractivity contribution in [2.45, 2.75) is 45.8 Å². The lowest BCUT2D eigenvalue weighted by Gasteiger charge is -2.34. The van der Waals surface area contributed by atoms with E-state index in [2.05, 4.69) is 4.98 Å². The van der Waals surface area contributed by atoms with Crippen LogP contribution in [-0.4, -0.2) is 52.5 Å². The van der Waals surface area contributed by atoms with Gasteiger partial charge in [-0.05, 0) is 51.3 Å². The Morgan fingerprint density at radius 3 is 2.38 bits per heavy atom. The van der Waals surface area contributed by atoms with Gasteiger partial charge in [0.15, 0.2) is 0 Å². The fraction of sp³-hybridized carbons (Fsp3) is 0.611. The van der Waals surface area contributed by atoms with Gasteiger partial charge in [-0.3, -0.25) is 9.78 Å². The number of ether oxygens (including phenoxy) is 1. The monoisotopic (exact) mass is 333 g/mol. The highest BCUT2D eigenvalue weighted by atomic mass is 16.6. The van der Waals surface area contributed by atoms with Crippen molar-refractivity contribution in [3.8, 4) is 0 Å². The molecule has 6 nitrogen and oxygen atoms in total. The summed E-state index contributed by atoms with van der Waals surface area (Å²) in [6.07, 6.45) is 4.52. The second kappa shape index (κ2) is 7.64. The molecule has 1 aromatic heterocycles. The van der Waals surface area contributed by atoms with Crippen molar-refractivity contribution in [2.75, 3.05) is 20.1 Å². The molecule has 1 fully saturated rings. The highest BCUT2D eigenvalue weighted by molar-refractivity contribution is 5.79. The van der Waals surface area contributed by atoms with Gasteiger partial charge in [0.2, 0.25) is 5.91 Å². The Hall–Kier alpha value is -2.11. The number of carbonyl (C=O) groups excluding carboxylic acids is 2. The van der Waals surface area contributed by atoms with Gasteiger partial charge in [-0.1, -0.05) is 0 Å². The van der Waals surface area contributed by atoms with Gasteiger partial charge in [-0.2, -0.15) is 0 Å². The zero-order chi connectivity index (χ0) is 17.7. The van der Waals surface area contributed by atoms with Crippen molar-refractivity contribution in [3.63, 3.8) is 0 Å². The van der Waals surface area contributed by atoms with E-state index in [1.807, 2.05) is 40.0 Å². The van der Waals surface area contributed by atoms with Gasteiger partial charge in [0, 0.05) is 45.0 Å². The maximum absolute atomic E-state index is 12.6. The predicted octanol–water partition coefficient (Wildman–Crippen LogP) is 2.69. The normalized spacial score (nSPS) is 15.9. The third-order valence-corrected chi connectivity index (χ3v) is 4.04. The SMILES string of the molecule is CN(Cc1ccncc1)C(=O)C1CCN(C(=O)OC(C)(C)C)CC1. The van der Waals surface area contributed by atoms with Crippen molar-refractivity contribution in [3.05, 3.63) is 30.1 Å². The summed E-state index contributed by atoms with van der Waals surface area (Å²) < 4.78 is 5.39. The minimum Gasteiger partial charge on any atom is -0.444 e. The number of hydrogen-bond donors (Lipinski definition) is 0. The Bertz CT molecular complexity index is 561. The highest BCUT2D eigenvalue weighted by Gasteiger charge is 2.31. The molecule has 132 valence electrons. The Morgan fingerprint density at radius 1 is 1.25 bits per heavy atom. The molecule has 1 aliphatic rings. The average Bonchev–Trinajstić information content (AvgIpc) is 2.53. The standard InChI is InChI=1S/C18H27N3O3/c1-18(2,3)24-17(23)21-11-7-15(8-12-21)16(22)20(4)13-14-5-9-19-10-6-14/h5-6,9-10,15H,7-8,11-13H2,1-4H3. The molecular formula is C18H27N3O3. The smallest absolute Gasteiger partial charge is 0.410 e. The maximum atomic E-state index is 12.6. The molecule has 2 rings (SSSR count). The molecule has 0 aliphatic carbocycles. The van der Waals surface area contributed by atoms with Gasteiger partial charge in [0.25, 0.3) is 0 Å². The molecule has 0 spiro atoms. The minimum absolute atomic E-state index is 0.0319. The summed E-state index contributed by atoms with van der Waals surface area (Å²) in [5.74, 6) is 0.103. The first-order valence-electron chi connectivity index (χ1n) is 8.38. The highest BCUT2D eigenvalue weighted by Crippen LogP contribution is 2.22. The van der Waals surface area contributed by atoms with Crippen molar-refractivity contribution in [2.24, 2.45) is 5.92 Å². The molecule has 0 saturated carbocycles. The average molecular weight is 333 g/mol. The van der Waals surface area contributed by atoms with E-state index < -0.39 is 5.60 Å². The quantitative estimate of drug-likeness (QED) is 0.853. The lowest BCUT2D eigenvalue weighted by Crippen LogP contribution is -2.45. The van der Waals surface area contributed by atoms with Crippen molar-refractivity contribution in [1.29, 1.82) is 0 Å². The molecule has 1 saturated heterocycles. The number of aromatic nitrogens is 1. The minimum atomic E-state index is -0.492. The number of piperidine rings is 1. The number of likely N-dealkylation sites (tertiary alicyclic amines) is 1. The Balaban J connectivity index is 1.83. The van der Waals surface area contributed by atoms with E-state index in [0.717, 1.165) is 5.56 Å². The lowest BCUT2D eigenvalue weighted by atomic mass is 9.95. The molecule has 0 bridgehead atoms. The van der Waals surface area contributed by atoms with E-state index in [9.17, 15) is 9.59 Å². The van der Waals surface area contributed by atoms with Crippen LogP contribution in [0.25, 0.3) is 0 Å². The van der Waals surface area contributed by atoms with Crippen LogP contribution in [0.2, 0.25) is 0 Å². The van der Waals surface area contributed by atoms with Crippen LogP contribution in [0.1, 0.15) is 39.2 Å². The summed E-state index contributed by atoms with van der Waals surface area (Å²) in [5.41, 5.74) is 0.571. The van der Waals surface area contributed by atoms with Gasteiger partial charge >= 0.3 is 6.09 Å². The molecule has 0 aromatic carbocycles. The Labute approximate surface area is 143 Å². The van der Waals surface area contributed by atoms with Gasteiger partial charge in [0.05, 0.1) is 0 Å². The first kappa shape index (κ1) is 18.2. The number of hydrogen-bond acceptors (Lipinski definition) is 4. The molecular weight excluding hydrogens is 306 g/mol. The van der Waals surface area contributed by atoms with Crippen LogP contribution in [0.3, 0.4) is 0 Å². The summed E-state index contributed by atoms with van der Waals surface area (Å²) in [4.78, 5) is 32.1. The third-order valence-electron chi connectivity index (χ3n) is 4.04. The summed E-state index contributed by atoms with van der Waals surface area (Å²) in [6, 6.07) is 3.82. The molecule has 1 aromatic rings. The van der Waals surface area contributed by atoms with E-state index in [0.29, 0.717) is 32.5 Å². The Kier molecular flexibility index (Phi) is 5.80. The number of pyridine rings is 1. The molecule has 6 heteroatoms. The second-order valence-corrected chi connectivity index (χ2v) is 7.29. The molecule has 2 heterocycles. The fourth-order valence-corrected chi connectivity index (χ4v) is 2.79. The number of amides is 2. The molecule has 0 N–H and O–H groups in total. The van der Waals surface area contributed by atoms with E-state index in [1.165, 1.54) is 0 Å². The molecule has 24 heavy (non-hydrogen) atoms. The van der Waals surface area contributed by atoms with E-state index in [4.69, 9.17) is 4.74 Å². The Morgan fingerprint density at radius 2 is 1.83 bits per heavy atom. The third kappa shape index (κ3) is 5.22. The molecule has 0 atom stereocenters. The van der Waals surface area contributed by atoms with E-state index >= 15 is 0 Å². The molecule has 1 aliphatic heterocycles. The van der Waals surface area contributed by atoms with Crippen molar-refractivity contribution < 1.29 is 14.3 Å². The maximum Gasteiger partial charge on any atom is 0.410 e. The summed E-state index contributed by atoms with van der Waals surface area (Å²) in [6.45, 7) is 7.27. The summed E-state index contributed by atoms with van der Waals surface area (Å²) in [7, 11) is 1.82. The van der Waals surface area contributed by atoms with E-state index in [1.54, 1.807) is 22.2 Å². The molecule has 0 radical (unpaired) electrons. The number of carbonyl (C=O) groups is 2. The zero-order valence-electron chi connectivity index (χ0n) is 15.0. The second-order valence-electron chi connectivity index (χ2n) is 7.29. The van der Waals surface area contributed by atoms with Crippen molar-refractivity contribution in [1.82, 2.24) is 14.8 Å². The van der Waals surface area contributed by atoms with Crippen LogP contribution >= 0.6 is 0 Å². The zero-order valence-corrected chi connectivity index (χ0v) is 15.0. The number of nitrogens with zero attached hydrogens (tertiary/aromatic N) is 3. The molecule has 0 unspecified atom stereocenters. The topological polar surface area (TPSA) is 62.7 Å². The summed E-state index contributed by atoms with van der Waals surface area (Å²) in [5, 5.41) is 0. The van der Waals surface area contributed by atoms with Crippen LogP contribution in [-0.2, 0) is 16.1 Å². The van der Waals surface area contributed by atoms with Crippen molar-refractivity contribution >= 4 is 12.0 Å². The largest absolute Gasteiger partial charge is 0.444 e. The summed E-state index contributed by atoms with van der Waals surface area (Å²) >= 11 is 0. The van der Waals surface area contributed by atoms with Crippen LogP contribution in [0, 0.1) is 5.92 Å². The van der Waals surface area contributed by atoms with E-state index in [-0.39, 0.29) is 17.9 Å². The molecule has 2 amide bonds. The van der Waals surface area contributed by atoms with Gasteiger partial charge in [0.1, 0.15) is 5.60 Å². The number of rotatable bonds is 3. The van der Waals surface area contributed by atoms with Crippen LogP contribution < -0.4 is 0 Å². The van der Waals surface area contributed by atoms with Gasteiger partial charge in [-0.25, -0.2) is 4.79 Å². The van der Waals surface area contributed by atoms with Crippen LogP contribution in [0.4, 0.5) is 4.79 Å². The predicted molar refractivity (Wildman–Crippen MR) is 91.2 cm³/mol. The fourth-order valence-electron chi connectivity index (χ4n) is 2.79. The van der Waals surface area contributed by atoms with Gasteiger partial charge < -0.3 is 14.5 Å². The van der Waals surface area contributed by atoms with Gasteiger partial charge in [-0.15, -0.1) is 0 Å². The van der Waals surface area contributed by atoms with Crippen LogP contribution in [0.5, 0.6) is 0 Å². The first-order chi connectivity index (χ1) is 11.3.